The van der Waals surface area contributed by atoms with Crippen LogP contribution < -0.4 is 4.74 Å². The van der Waals surface area contributed by atoms with Gasteiger partial charge in [-0.3, -0.25) is 4.79 Å². The molecule has 0 fully saturated rings. The van der Waals surface area contributed by atoms with Crippen LogP contribution in [0.3, 0.4) is 0 Å². The summed E-state index contributed by atoms with van der Waals surface area (Å²) >= 11 is 0. The maximum Gasteiger partial charge on any atom is 0.305 e. The fourth-order valence-electron chi connectivity index (χ4n) is 2.96. The number of carbonyl (C=O) groups excluding carboxylic acids is 1. The van der Waals surface area contributed by atoms with Gasteiger partial charge in [-0.05, 0) is 74.4 Å². The van der Waals surface area contributed by atoms with Gasteiger partial charge in [0.15, 0.2) is 5.76 Å². The zero-order chi connectivity index (χ0) is 20.7. The van der Waals surface area contributed by atoms with Crippen molar-refractivity contribution in [3.05, 3.63) is 83.3 Å². The lowest BCUT2D eigenvalue weighted by atomic mass is 10.1. The van der Waals surface area contributed by atoms with E-state index in [-0.39, 0.29) is 5.97 Å². The van der Waals surface area contributed by atoms with E-state index < -0.39 is 0 Å². The molecule has 1 aromatic carbocycles. The van der Waals surface area contributed by atoms with E-state index in [2.05, 4.69) is 49.1 Å². The van der Waals surface area contributed by atoms with Crippen LogP contribution in [0.4, 0.5) is 0 Å². The van der Waals surface area contributed by atoms with Crippen LogP contribution in [0.25, 0.3) is 0 Å². The smallest absolute Gasteiger partial charge is 0.305 e. The van der Waals surface area contributed by atoms with Gasteiger partial charge in [-0.2, -0.15) is 0 Å². The molecule has 0 N–H and O–H groups in total. The second kappa shape index (κ2) is 13.4. The second-order valence-corrected chi connectivity index (χ2v) is 6.93. The molecule has 0 bridgehead atoms. The molecular weight excluding hydrogens is 360 g/mol. The first-order valence-corrected chi connectivity index (χ1v) is 10.6. The second-order valence-electron chi connectivity index (χ2n) is 6.93. The monoisotopic (exact) mass is 392 g/mol. The van der Waals surface area contributed by atoms with Gasteiger partial charge < -0.3 is 9.47 Å². The van der Waals surface area contributed by atoms with E-state index in [0.29, 0.717) is 13.0 Å². The molecule has 0 radical (unpaired) electrons. The van der Waals surface area contributed by atoms with Crippen LogP contribution in [0, 0.1) is 0 Å². The summed E-state index contributed by atoms with van der Waals surface area (Å²) in [6, 6.07) is 8.27. The highest BCUT2D eigenvalue weighted by Gasteiger charge is 2.01. The van der Waals surface area contributed by atoms with Crippen molar-refractivity contribution < 1.29 is 14.3 Å². The number of esters is 1. The number of ether oxygens (including phenoxy) is 2. The van der Waals surface area contributed by atoms with Gasteiger partial charge in [0.2, 0.25) is 0 Å². The van der Waals surface area contributed by atoms with Gasteiger partial charge >= 0.3 is 5.97 Å². The SMILES string of the molecule is CCCc1ccc(OC2=C=CC/C=C(/C/C=C/CCCC(=O)OCC)C=C2)cc1. The number of carbonyl (C=O) groups is 1. The van der Waals surface area contributed by atoms with Gasteiger partial charge in [0.25, 0.3) is 0 Å². The number of benzene rings is 1. The van der Waals surface area contributed by atoms with Gasteiger partial charge in [0.1, 0.15) is 5.75 Å². The molecule has 2 rings (SSSR count). The zero-order valence-corrected chi connectivity index (χ0v) is 17.7. The van der Waals surface area contributed by atoms with Crippen LogP contribution in [0.5, 0.6) is 5.75 Å². The summed E-state index contributed by atoms with van der Waals surface area (Å²) < 4.78 is 10.9. The van der Waals surface area contributed by atoms with Crippen LogP contribution in [0.15, 0.2) is 77.8 Å². The van der Waals surface area contributed by atoms with Crippen LogP contribution in [0.1, 0.15) is 57.9 Å². The van der Waals surface area contributed by atoms with E-state index in [1.165, 1.54) is 11.1 Å². The van der Waals surface area contributed by atoms with E-state index >= 15 is 0 Å². The Bertz CT molecular complexity index is 788. The fraction of sp³-hybridized carbons (Fsp3) is 0.385. The average Bonchev–Trinajstić information content (AvgIpc) is 2.70. The molecule has 1 aliphatic rings. The molecule has 0 saturated heterocycles. The van der Waals surface area contributed by atoms with E-state index in [0.717, 1.165) is 50.0 Å². The predicted molar refractivity (Wildman–Crippen MR) is 119 cm³/mol. The molecule has 1 aromatic rings. The Morgan fingerprint density at radius 1 is 1.14 bits per heavy atom. The predicted octanol–water partition coefficient (Wildman–Crippen LogP) is 6.62. The molecule has 0 aromatic heterocycles. The third-order valence-corrected chi connectivity index (χ3v) is 4.46. The number of aryl methyl sites for hydroxylation is 1. The topological polar surface area (TPSA) is 35.5 Å². The third-order valence-electron chi connectivity index (χ3n) is 4.46. The number of allylic oxidation sites excluding steroid dienone is 6. The molecule has 0 saturated carbocycles. The molecule has 0 atom stereocenters. The minimum Gasteiger partial charge on any atom is -0.466 e. The maximum atomic E-state index is 11.3. The Morgan fingerprint density at radius 3 is 2.72 bits per heavy atom. The standard InChI is InChI=1S/C26H32O3/c1-3-11-22-16-20-25(21-17-22)29-24-14-10-9-13-23(18-19-24)12-7-5-6-8-15-26(27)28-4-2/h5,7,10,13,16-21H,3-4,6,8-9,11-12,15H2,1-2H3/b7-5+,19-18?,23-13-. The maximum absolute atomic E-state index is 11.3. The summed E-state index contributed by atoms with van der Waals surface area (Å²) in [5, 5.41) is 0. The Balaban J connectivity index is 1.80. The lowest BCUT2D eigenvalue weighted by molar-refractivity contribution is -0.143. The van der Waals surface area contributed by atoms with E-state index in [1.807, 2.05) is 31.2 Å². The van der Waals surface area contributed by atoms with Crippen molar-refractivity contribution in [2.45, 2.75) is 58.8 Å². The normalized spacial score (nSPS) is 15.4. The molecule has 3 nitrogen and oxygen atoms in total. The number of hydrogen-bond donors (Lipinski definition) is 0. The van der Waals surface area contributed by atoms with Crippen LogP contribution in [0.2, 0.25) is 0 Å². The van der Waals surface area contributed by atoms with Crippen molar-refractivity contribution in [2.75, 3.05) is 6.61 Å². The van der Waals surface area contributed by atoms with Gasteiger partial charge in [-0.15, -0.1) is 0 Å². The Kier molecular flexibility index (Phi) is 10.4. The molecule has 29 heavy (non-hydrogen) atoms. The first-order valence-electron chi connectivity index (χ1n) is 10.6. The van der Waals surface area contributed by atoms with Crippen LogP contribution in [-0.4, -0.2) is 12.6 Å². The molecule has 3 heteroatoms. The highest BCUT2D eigenvalue weighted by atomic mass is 16.5. The summed E-state index contributed by atoms with van der Waals surface area (Å²) in [5.74, 6) is 1.44. The molecule has 0 unspecified atom stereocenters. The zero-order valence-electron chi connectivity index (χ0n) is 17.7. The lowest BCUT2D eigenvalue weighted by Gasteiger charge is -2.07. The molecule has 0 aliphatic heterocycles. The quantitative estimate of drug-likeness (QED) is 0.184. The van der Waals surface area contributed by atoms with Crippen molar-refractivity contribution in [3.8, 4) is 5.75 Å². The van der Waals surface area contributed by atoms with Gasteiger partial charge in [-0.25, -0.2) is 0 Å². The van der Waals surface area contributed by atoms with Gasteiger partial charge in [0, 0.05) is 6.42 Å². The van der Waals surface area contributed by atoms with Gasteiger partial charge in [0.05, 0.1) is 6.61 Å². The molecule has 154 valence electrons. The number of rotatable bonds is 11. The van der Waals surface area contributed by atoms with E-state index in [1.54, 1.807) is 0 Å². The van der Waals surface area contributed by atoms with Crippen LogP contribution in [-0.2, 0) is 16.0 Å². The Morgan fingerprint density at radius 2 is 1.97 bits per heavy atom. The molecule has 1 aliphatic carbocycles. The first kappa shape index (κ1) is 22.5. The van der Waals surface area contributed by atoms with Crippen molar-refractivity contribution >= 4 is 5.97 Å². The third kappa shape index (κ3) is 9.32. The summed E-state index contributed by atoms with van der Waals surface area (Å²) in [4.78, 5) is 11.3. The first-order chi connectivity index (χ1) is 14.2. The summed E-state index contributed by atoms with van der Waals surface area (Å²) in [6.45, 7) is 4.47. The van der Waals surface area contributed by atoms with E-state index in [9.17, 15) is 4.79 Å². The summed E-state index contributed by atoms with van der Waals surface area (Å²) in [5.41, 5.74) is 5.78. The van der Waals surface area contributed by atoms with Crippen LogP contribution >= 0.6 is 0 Å². The number of unbranched alkanes of at least 4 members (excludes halogenated alkanes) is 1. The van der Waals surface area contributed by atoms with Crippen molar-refractivity contribution in [2.24, 2.45) is 0 Å². The average molecular weight is 393 g/mol. The fourth-order valence-corrected chi connectivity index (χ4v) is 2.96. The molecule has 0 amide bonds. The number of hydrogen-bond acceptors (Lipinski definition) is 3. The minimum absolute atomic E-state index is 0.113. The van der Waals surface area contributed by atoms with Crippen molar-refractivity contribution in [1.82, 2.24) is 0 Å². The van der Waals surface area contributed by atoms with Gasteiger partial charge in [-0.1, -0.05) is 55.5 Å². The summed E-state index contributed by atoms with van der Waals surface area (Å²) in [7, 11) is 0. The largest absolute Gasteiger partial charge is 0.466 e. The van der Waals surface area contributed by atoms with Crippen molar-refractivity contribution in [1.29, 1.82) is 0 Å². The Hall–Kier alpha value is -2.77. The highest BCUT2D eigenvalue weighted by molar-refractivity contribution is 5.69. The summed E-state index contributed by atoms with van der Waals surface area (Å²) in [6.07, 6.45) is 18.7. The molecule has 0 heterocycles. The highest BCUT2D eigenvalue weighted by Crippen LogP contribution is 2.18. The minimum atomic E-state index is -0.113. The lowest BCUT2D eigenvalue weighted by Crippen LogP contribution is -2.02. The van der Waals surface area contributed by atoms with Crippen molar-refractivity contribution in [3.63, 3.8) is 0 Å². The molecular formula is C26H32O3. The Labute approximate surface area is 175 Å². The molecule has 0 spiro atoms. The van der Waals surface area contributed by atoms with E-state index in [4.69, 9.17) is 9.47 Å².